The average molecular weight is 277 g/mol. The van der Waals surface area contributed by atoms with Gasteiger partial charge in [-0.1, -0.05) is 29.5 Å². The van der Waals surface area contributed by atoms with Crippen molar-refractivity contribution in [2.24, 2.45) is 0 Å². The SMILES string of the molecule is CCOC(=O)c1c(N)sc(Oc2ccccc2)c1C. The molecule has 1 aromatic carbocycles. The van der Waals surface area contributed by atoms with Crippen LogP contribution in [0, 0.1) is 6.92 Å². The normalized spacial score (nSPS) is 10.2. The Bertz CT molecular complexity index is 578. The van der Waals surface area contributed by atoms with Crippen LogP contribution in [-0.2, 0) is 4.74 Å². The third-order valence-electron chi connectivity index (χ3n) is 2.56. The molecule has 5 heteroatoms. The Labute approximate surface area is 115 Å². The van der Waals surface area contributed by atoms with E-state index in [1.807, 2.05) is 30.3 Å². The van der Waals surface area contributed by atoms with E-state index in [4.69, 9.17) is 15.2 Å². The summed E-state index contributed by atoms with van der Waals surface area (Å²) in [4.78, 5) is 11.8. The summed E-state index contributed by atoms with van der Waals surface area (Å²) in [5.41, 5.74) is 6.98. The summed E-state index contributed by atoms with van der Waals surface area (Å²) in [6.07, 6.45) is 0. The molecule has 19 heavy (non-hydrogen) atoms. The van der Waals surface area contributed by atoms with Crippen LogP contribution in [0.15, 0.2) is 30.3 Å². The molecule has 100 valence electrons. The van der Waals surface area contributed by atoms with E-state index in [1.165, 1.54) is 11.3 Å². The highest BCUT2D eigenvalue weighted by Crippen LogP contribution is 2.39. The first-order valence-electron chi connectivity index (χ1n) is 5.92. The molecule has 2 rings (SSSR count). The third kappa shape index (κ3) is 2.88. The molecule has 0 saturated carbocycles. The maximum absolute atomic E-state index is 11.8. The molecule has 0 spiro atoms. The van der Waals surface area contributed by atoms with Gasteiger partial charge >= 0.3 is 5.97 Å². The second kappa shape index (κ2) is 5.75. The monoisotopic (exact) mass is 277 g/mol. The summed E-state index contributed by atoms with van der Waals surface area (Å²) < 4.78 is 10.7. The van der Waals surface area contributed by atoms with Crippen LogP contribution in [0.2, 0.25) is 0 Å². The minimum atomic E-state index is -0.406. The molecule has 0 amide bonds. The molecular weight excluding hydrogens is 262 g/mol. The Morgan fingerprint density at radius 2 is 2.00 bits per heavy atom. The van der Waals surface area contributed by atoms with Crippen molar-refractivity contribution in [3.8, 4) is 10.8 Å². The van der Waals surface area contributed by atoms with Crippen LogP contribution in [-0.4, -0.2) is 12.6 Å². The van der Waals surface area contributed by atoms with Crippen LogP contribution in [0.25, 0.3) is 0 Å². The number of thiophene rings is 1. The number of benzene rings is 1. The van der Waals surface area contributed by atoms with Crippen LogP contribution in [0.5, 0.6) is 10.8 Å². The number of carbonyl (C=O) groups is 1. The van der Waals surface area contributed by atoms with Gasteiger partial charge in [0.05, 0.1) is 6.61 Å². The number of ether oxygens (including phenoxy) is 2. The predicted molar refractivity (Wildman–Crippen MR) is 75.9 cm³/mol. The van der Waals surface area contributed by atoms with Gasteiger partial charge in [0, 0.05) is 5.56 Å². The number of nitrogen functional groups attached to an aromatic ring is 1. The van der Waals surface area contributed by atoms with Crippen molar-refractivity contribution in [1.29, 1.82) is 0 Å². The molecule has 1 aromatic heterocycles. The van der Waals surface area contributed by atoms with E-state index in [9.17, 15) is 4.79 Å². The summed E-state index contributed by atoms with van der Waals surface area (Å²) in [6.45, 7) is 3.89. The second-order valence-electron chi connectivity index (χ2n) is 3.89. The van der Waals surface area contributed by atoms with E-state index in [-0.39, 0.29) is 0 Å². The van der Waals surface area contributed by atoms with Crippen molar-refractivity contribution in [2.75, 3.05) is 12.3 Å². The highest BCUT2D eigenvalue weighted by Gasteiger charge is 2.21. The van der Waals surface area contributed by atoms with Crippen molar-refractivity contribution in [3.63, 3.8) is 0 Å². The van der Waals surface area contributed by atoms with Crippen LogP contribution in [0.1, 0.15) is 22.8 Å². The fraction of sp³-hybridized carbons (Fsp3) is 0.214. The van der Waals surface area contributed by atoms with Gasteiger partial charge in [0.2, 0.25) is 0 Å². The van der Waals surface area contributed by atoms with E-state index in [1.54, 1.807) is 13.8 Å². The number of hydrogen-bond donors (Lipinski definition) is 1. The van der Waals surface area contributed by atoms with Crippen molar-refractivity contribution >= 4 is 22.3 Å². The van der Waals surface area contributed by atoms with Gasteiger partial charge in [-0.05, 0) is 26.0 Å². The van der Waals surface area contributed by atoms with Gasteiger partial charge in [0.25, 0.3) is 0 Å². The number of para-hydroxylation sites is 1. The topological polar surface area (TPSA) is 61.5 Å². The Kier molecular flexibility index (Phi) is 4.06. The lowest BCUT2D eigenvalue weighted by Gasteiger charge is -2.04. The molecule has 1 heterocycles. The van der Waals surface area contributed by atoms with Crippen molar-refractivity contribution in [3.05, 3.63) is 41.5 Å². The highest BCUT2D eigenvalue weighted by molar-refractivity contribution is 7.18. The van der Waals surface area contributed by atoms with Gasteiger partial charge < -0.3 is 15.2 Å². The first-order valence-corrected chi connectivity index (χ1v) is 6.74. The van der Waals surface area contributed by atoms with Crippen LogP contribution in [0.4, 0.5) is 5.00 Å². The molecule has 0 aliphatic rings. The maximum atomic E-state index is 11.8. The van der Waals surface area contributed by atoms with Gasteiger partial charge in [-0.15, -0.1) is 0 Å². The molecule has 0 atom stereocenters. The standard InChI is InChI=1S/C14H15NO3S/c1-3-17-13(16)11-9(2)14(19-12(11)15)18-10-7-5-4-6-8-10/h4-8H,3,15H2,1-2H3. The van der Waals surface area contributed by atoms with Crippen LogP contribution >= 0.6 is 11.3 Å². The van der Waals surface area contributed by atoms with Crippen molar-refractivity contribution in [1.82, 2.24) is 0 Å². The quantitative estimate of drug-likeness (QED) is 0.867. The van der Waals surface area contributed by atoms with E-state index >= 15 is 0 Å². The van der Waals surface area contributed by atoms with Crippen LogP contribution in [0.3, 0.4) is 0 Å². The van der Waals surface area contributed by atoms with E-state index in [2.05, 4.69) is 0 Å². The summed E-state index contributed by atoms with van der Waals surface area (Å²) in [5, 5.41) is 1.04. The molecule has 0 radical (unpaired) electrons. The van der Waals surface area contributed by atoms with Gasteiger partial charge in [-0.25, -0.2) is 4.79 Å². The molecule has 0 unspecified atom stereocenters. The fourth-order valence-electron chi connectivity index (χ4n) is 1.66. The first-order chi connectivity index (χ1) is 9.13. The molecule has 0 bridgehead atoms. The summed E-state index contributed by atoms with van der Waals surface area (Å²) in [5.74, 6) is 0.305. The van der Waals surface area contributed by atoms with Gasteiger partial charge in [0.1, 0.15) is 16.3 Å². The van der Waals surface area contributed by atoms with Gasteiger partial charge in [-0.2, -0.15) is 0 Å². The lowest BCUT2D eigenvalue weighted by Crippen LogP contribution is -2.07. The lowest BCUT2D eigenvalue weighted by atomic mass is 10.2. The fourth-order valence-corrected chi connectivity index (χ4v) is 2.60. The van der Waals surface area contributed by atoms with E-state index < -0.39 is 5.97 Å². The smallest absolute Gasteiger partial charge is 0.341 e. The van der Waals surface area contributed by atoms with Gasteiger partial charge in [0.15, 0.2) is 5.06 Å². The zero-order chi connectivity index (χ0) is 13.8. The average Bonchev–Trinajstić information content (AvgIpc) is 2.66. The highest BCUT2D eigenvalue weighted by atomic mass is 32.1. The molecule has 0 saturated heterocycles. The van der Waals surface area contributed by atoms with E-state index in [0.717, 1.165) is 0 Å². The Morgan fingerprint density at radius 3 is 2.63 bits per heavy atom. The third-order valence-corrected chi connectivity index (χ3v) is 3.56. The number of esters is 1. The molecule has 2 aromatic rings. The maximum Gasteiger partial charge on any atom is 0.341 e. The number of carbonyl (C=O) groups excluding carboxylic acids is 1. The summed E-state index contributed by atoms with van der Waals surface area (Å²) >= 11 is 1.24. The number of hydrogen-bond acceptors (Lipinski definition) is 5. The Morgan fingerprint density at radius 1 is 1.32 bits per heavy atom. The number of anilines is 1. The molecule has 2 N–H and O–H groups in total. The summed E-state index contributed by atoms with van der Waals surface area (Å²) in [7, 11) is 0. The largest absolute Gasteiger partial charge is 0.462 e. The molecule has 0 fully saturated rings. The minimum absolute atomic E-state index is 0.322. The molecular formula is C14H15NO3S. The van der Waals surface area contributed by atoms with Gasteiger partial charge in [-0.3, -0.25) is 0 Å². The molecule has 0 aliphatic heterocycles. The lowest BCUT2D eigenvalue weighted by molar-refractivity contribution is 0.0527. The Hall–Kier alpha value is -2.01. The predicted octanol–water partition coefficient (Wildman–Crippen LogP) is 3.61. The zero-order valence-electron chi connectivity index (χ0n) is 10.8. The molecule has 0 aliphatic carbocycles. The van der Waals surface area contributed by atoms with Crippen molar-refractivity contribution in [2.45, 2.75) is 13.8 Å². The van der Waals surface area contributed by atoms with E-state index in [0.29, 0.717) is 33.5 Å². The zero-order valence-corrected chi connectivity index (χ0v) is 11.6. The summed E-state index contributed by atoms with van der Waals surface area (Å²) in [6, 6.07) is 9.37. The minimum Gasteiger partial charge on any atom is -0.462 e. The second-order valence-corrected chi connectivity index (χ2v) is 4.90. The van der Waals surface area contributed by atoms with Crippen molar-refractivity contribution < 1.29 is 14.3 Å². The number of rotatable bonds is 4. The Balaban J connectivity index is 2.29. The molecule has 4 nitrogen and oxygen atoms in total. The first kappa shape index (κ1) is 13.4. The number of nitrogens with two attached hydrogens (primary N) is 1. The van der Waals surface area contributed by atoms with Crippen LogP contribution < -0.4 is 10.5 Å².